The van der Waals surface area contributed by atoms with Gasteiger partial charge in [0.1, 0.15) is 0 Å². The average molecular weight is 255 g/mol. The summed E-state index contributed by atoms with van der Waals surface area (Å²) in [5.41, 5.74) is 6.07. The first-order valence-corrected chi connectivity index (χ1v) is 4.97. The van der Waals surface area contributed by atoms with E-state index in [4.69, 9.17) is 52.8 Å². The van der Waals surface area contributed by atoms with Gasteiger partial charge in [0.05, 0.1) is 15.0 Å². The van der Waals surface area contributed by atoms with Crippen molar-refractivity contribution in [3.05, 3.63) is 32.8 Å². The van der Waals surface area contributed by atoms with Crippen LogP contribution in [-0.2, 0) is 6.42 Å². The minimum Gasteiger partial charge on any atom is -0.393 e. The highest BCUT2D eigenvalue weighted by Gasteiger charge is 2.09. The van der Waals surface area contributed by atoms with Crippen LogP contribution in [0.3, 0.4) is 0 Å². The van der Waals surface area contributed by atoms with Gasteiger partial charge in [-0.15, -0.1) is 0 Å². The molecule has 5 heteroatoms. The molecule has 0 radical (unpaired) electrons. The normalized spacial score (nSPS) is 10.1. The van der Waals surface area contributed by atoms with E-state index in [1.165, 1.54) is 0 Å². The van der Waals surface area contributed by atoms with Gasteiger partial charge in [0.15, 0.2) is 0 Å². The summed E-state index contributed by atoms with van der Waals surface area (Å²) in [6, 6.07) is 3.30. The Bertz CT molecular complexity index is 351. The fraction of sp³-hybridized carbons (Fsp3) is 0.125. The lowest BCUT2D eigenvalue weighted by Crippen LogP contribution is -2.11. The van der Waals surface area contributed by atoms with Crippen LogP contribution < -0.4 is 5.73 Å². The van der Waals surface area contributed by atoms with Crippen LogP contribution in [-0.4, -0.2) is 4.99 Å². The number of hydrogen-bond donors (Lipinski definition) is 1. The maximum Gasteiger partial charge on any atom is 0.0772 e. The standard InChI is InChI=1S/C8H6Cl3NS/c9-5-1-2-6(10)8(11)4(5)3-7(12)13/h1-2H,3H2,(H2,12,13). The summed E-state index contributed by atoms with van der Waals surface area (Å²) < 4.78 is 0. The van der Waals surface area contributed by atoms with Crippen molar-refractivity contribution in [2.24, 2.45) is 5.73 Å². The molecule has 0 spiro atoms. The van der Waals surface area contributed by atoms with Crippen LogP contribution in [0.1, 0.15) is 5.56 Å². The van der Waals surface area contributed by atoms with Gasteiger partial charge >= 0.3 is 0 Å². The third-order valence-electron chi connectivity index (χ3n) is 1.49. The Morgan fingerprint density at radius 3 is 2.31 bits per heavy atom. The number of rotatable bonds is 2. The van der Waals surface area contributed by atoms with Crippen molar-refractivity contribution in [1.82, 2.24) is 0 Å². The molecule has 13 heavy (non-hydrogen) atoms. The van der Waals surface area contributed by atoms with Crippen molar-refractivity contribution in [3.8, 4) is 0 Å². The Morgan fingerprint density at radius 1 is 1.23 bits per heavy atom. The van der Waals surface area contributed by atoms with E-state index in [9.17, 15) is 0 Å². The number of halogens is 3. The zero-order chi connectivity index (χ0) is 10.0. The minimum atomic E-state index is 0.339. The maximum absolute atomic E-state index is 5.91. The molecule has 1 rings (SSSR count). The van der Waals surface area contributed by atoms with Gasteiger partial charge in [0, 0.05) is 11.4 Å². The van der Waals surface area contributed by atoms with Crippen LogP contribution in [0.15, 0.2) is 12.1 Å². The van der Waals surface area contributed by atoms with Crippen LogP contribution in [0.2, 0.25) is 15.1 Å². The Kier molecular flexibility index (Phi) is 3.80. The molecule has 0 unspecified atom stereocenters. The second kappa shape index (κ2) is 4.47. The van der Waals surface area contributed by atoms with Gasteiger partial charge in [0.2, 0.25) is 0 Å². The van der Waals surface area contributed by atoms with Gasteiger partial charge in [-0.1, -0.05) is 47.0 Å². The summed E-state index contributed by atoms with van der Waals surface area (Å²) in [5.74, 6) is 0. The topological polar surface area (TPSA) is 26.0 Å². The summed E-state index contributed by atoms with van der Waals surface area (Å²) >= 11 is 22.4. The molecule has 0 bridgehead atoms. The molecule has 1 nitrogen and oxygen atoms in total. The molecule has 0 fully saturated rings. The monoisotopic (exact) mass is 253 g/mol. The van der Waals surface area contributed by atoms with Crippen LogP contribution in [0.25, 0.3) is 0 Å². The second-order valence-corrected chi connectivity index (χ2v) is 4.18. The maximum atomic E-state index is 5.91. The zero-order valence-corrected chi connectivity index (χ0v) is 9.57. The van der Waals surface area contributed by atoms with Gasteiger partial charge < -0.3 is 5.73 Å². The molecule has 0 aliphatic heterocycles. The molecule has 0 aromatic heterocycles. The number of nitrogens with two attached hydrogens (primary N) is 1. The summed E-state index contributed by atoms with van der Waals surface area (Å²) in [7, 11) is 0. The highest BCUT2D eigenvalue weighted by molar-refractivity contribution is 7.80. The van der Waals surface area contributed by atoms with Crippen LogP contribution >= 0.6 is 47.0 Å². The van der Waals surface area contributed by atoms with Crippen LogP contribution in [0, 0.1) is 0 Å². The van der Waals surface area contributed by atoms with Crippen molar-refractivity contribution in [2.45, 2.75) is 6.42 Å². The Balaban J connectivity index is 3.17. The molecule has 0 saturated carbocycles. The zero-order valence-electron chi connectivity index (χ0n) is 6.48. The third kappa shape index (κ3) is 2.71. The van der Waals surface area contributed by atoms with E-state index in [0.29, 0.717) is 32.0 Å². The first-order chi connectivity index (χ1) is 6.02. The van der Waals surface area contributed by atoms with E-state index in [-0.39, 0.29) is 0 Å². The summed E-state index contributed by atoms with van der Waals surface area (Å²) in [5, 5.41) is 1.40. The predicted molar refractivity (Wildman–Crippen MR) is 62.0 cm³/mol. The Labute approximate surface area is 96.8 Å². The lowest BCUT2D eigenvalue weighted by atomic mass is 10.1. The first kappa shape index (κ1) is 11.1. The van der Waals surface area contributed by atoms with Gasteiger partial charge in [-0.25, -0.2) is 0 Å². The van der Waals surface area contributed by atoms with Crippen molar-refractivity contribution < 1.29 is 0 Å². The van der Waals surface area contributed by atoms with Crippen molar-refractivity contribution in [3.63, 3.8) is 0 Å². The highest BCUT2D eigenvalue weighted by Crippen LogP contribution is 2.31. The predicted octanol–water partition coefficient (Wildman–Crippen LogP) is 3.48. The lowest BCUT2D eigenvalue weighted by Gasteiger charge is -2.06. The molecular formula is C8H6Cl3NS. The molecule has 0 aliphatic rings. The smallest absolute Gasteiger partial charge is 0.0772 e. The van der Waals surface area contributed by atoms with Gasteiger partial charge in [-0.05, 0) is 17.7 Å². The minimum absolute atomic E-state index is 0.339. The summed E-state index contributed by atoms with van der Waals surface area (Å²) in [4.78, 5) is 0.339. The molecule has 0 amide bonds. The van der Waals surface area contributed by atoms with E-state index in [2.05, 4.69) is 0 Å². The summed E-state index contributed by atoms with van der Waals surface area (Å²) in [6.45, 7) is 0. The molecule has 70 valence electrons. The molecular weight excluding hydrogens is 249 g/mol. The Morgan fingerprint density at radius 2 is 1.77 bits per heavy atom. The number of benzene rings is 1. The molecule has 1 aromatic rings. The van der Waals surface area contributed by atoms with Gasteiger partial charge in [-0.3, -0.25) is 0 Å². The molecule has 0 atom stereocenters. The van der Waals surface area contributed by atoms with E-state index in [0.717, 1.165) is 0 Å². The molecule has 2 N–H and O–H groups in total. The van der Waals surface area contributed by atoms with Crippen molar-refractivity contribution in [2.75, 3.05) is 0 Å². The molecule has 0 aliphatic carbocycles. The largest absolute Gasteiger partial charge is 0.393 e. The quantitative estimate of drug-likeness (QED) is 0.646. The fourth-order valence-electron chi connectivity index (χ4n) is 0.905. The average Bonchev–Trinajstić information content (AvgIpc) is 2.05. The number of thiocarbonyl (C=S) groups is 1. The second-order valence-electron chi connectivity index (χ2n) is 2.46. The van der Waals surface area contributed by atoms with E-state index in [1.807, 2.05) is 0 Å². The molecule has 1 aromatic carbocycles. The van der Waals surface area contributed by atoms with E-state index < -0.39 is 0 Å². The molecule has 0 saturated heterocycles. The van der Waals surface area contributed by atoms with Gasteiger partial charge in [0.25, 0.3) is 0 Å². The van der Waals surface area contributed by atoms with Crippen LogP contribution in [0.5, 0.6) is 0 Å². The highest BCUT2D eigenvalue weighted by atomic mass is 35.5. The van der Waals surface area contributed by atoms with Crippen LogP contribution in [0.4, 0.5) is 0 Å². The van der Waals surface area contributed by atoms with E-state index in [1.54, 1.807) is 12.1 Å². The summed E-state index contributed by atoms with van der Waals surface area (Å²) in [6.07, 6.45) is 0.369. The van der Waals surface area contributed by atoms with E-state index >= 15 is 0 Å². The molecule has 0 heterocycles. The number of hydrogen-bond acceptors (Lipinski definition) is 1. The van der Waals surface area contributed by atoms with Crippen molar-refractivity contribution >= 4 is 52.0 Å². The van der Waals surface area contributed by atoms with Gasteiger partial charge in [-0.2, -0.15) is 0 Å². The third-order valence-corrected chi connectivity index (χ3v) is 2.83. The van der Waals surface area contributed by atoms with Crippen molar-refractivity contribution in [1.29, 1.82) is 0 Å². The first-order valence-electron chi connectivity index (χ1n) is 3.43. The lowest BCUT2D eigenvalue weighted by molar-refractivity contribution is 1.33. The SMILES string of the molecule is NC(=S)Cc1c(Cl)ccc(Cl)c1Cl. The Hall–Kier alpha value is -0.0200. The fourth-order valence-corrected chi connectivity index (χ4v) is 1.73.